The molecule has 0 bridgehead atoms. The van der Waals surface area contributed by atoms with E-state index in [4.69, 9.17) is 5.73 Å². The Kier molecular flexibility index (Phi) is 3.44. The molecule has 1 aromatic rings. The molecule has 0 spiro atoms. The first-order chi connectivity index (χ1) is 7.09. The van der Waals surface area contributed by atoms with E-state index in [2.05, 4.69) is 0 Å². The maximum atomic E-state index is 13.8. The molecule has 90 valence electrons. The van der Waals surface area contributed by atoms with Crippen molar-refractivity contribution in [3.63, 3.8) is 0 Å². The van der Waals surface area contributed by atoms with E-state index >= 15 is 0 Å². The fourth-order valence-electron chi connectivity index (χ4n) is 1.72. The van der Waals surface area contributed by atoms with Gasteiger partial charge in [-0.05, 0) is 57.7 Å². The molecule has 0 atom stereocenters. The molecule has 0 aromatic heterocycles. The van der Waals surface area contributed by atoms with E-state index in [1.807, 2.05) is 39.0 Å². The van der Waals surface area contributed by atoms with Gasteiger partial charge < -0.3 is 5.73 Å². The molecule has 0 saturated carbocycles. The lowest BCUT2D eigenvalue weighted by atomic mass is 9.89. The second kappa shape index (κ2) is 4.17. The van der Waals surface area contributed by atoms with Crippen LogP contribution in [0.25, 0.3) is 0 Å². The van der Waals surface area contributed by atoms with Gasteiger partial charge in [0.05, 0.1) is 0 Å². The Bertz CT molecular complexity index is 369. The molecule has 0 aliphatic heterocycles. The summed E-state index contributed by atoms with van der Waals surface area (Å²) >= 11 is 0. The van der Waals surface area contributed by atoms with Crippen LogP contribution in [0.2, 0.25) is 0 Å². The van der Waals surface area contributed by atoms with Crippen molar-refractivity contribution in [2.75, 3.05) is 0 Å². The normalized spacial score (nSPS) is 12.9. The summed E-state index contributed by atoms with van der Waals surface area (Å²) in [6, 6.07) is 5.75. The van der Waals surface area contributed by atoms with Gasteiger partial charge in [0.25, 0.3) is 0 Å². The highest BCUT2D eigenvalue weighted by molar-refractivity contribution is 5.34. The zero-order valence-electron chi connectivity index (χ0n) is 10.9. The van der Waals surface area contributed by atoms with Crippen molar-refractivity contribution in [1.82, 2.24) is 0 Å². The SMILES string of the molecule is Cc1ccc(C(C)(C)F)cc1CC(C)(C)N. The van der Waals surface area contributed by atoms with Crippen molar-refractivity contribution < 1.29 is 4.39 Å². The zero-order chi connectivity index (χ0) is 12.6. The molecule has 0 aliphatic carbocycles. The summed E-state index contributed by atoms with van der Waals surface area (Å²) in [6.07, 6.45) is 0.767. The highest BCUT2D eigenvalue weighted by Gasteiger charge is 2.21. The van der Waals surface area contributed by atoms with E-state index in [0.717, 1.165) is 17.5 Å². The predicted octanol–water partition coefficient (Wildman–Crippen LogP) is 3.48. The van der Waals surface area contributed by atoms with Gasteiger partial charge in [0, 0.05) is 5.54 Å². The van der Waals surface area contributed by atoms with Gasteiger partial charge in [0.15, 0.2) is 0 Å². The summed E-state index contributed by atoms with van der Waals surface area (Å²) in [4.78, 5) is 0. The first-order valence-corrected chi connectivity index (χ1v) is 5.67. The summed E-state index contributed by atoms with van der Waals surface area (Å²) in [7, 11) is 0. The first-order valence-electron chi connectivity index (χ1n) is 5.67. The van der Waals surface area contributed by atoms with Gasteiger partial charge in [0.2, 0.25) is 0 Å². The van der Waals surface area contributed by atoms with Crippen molar-refractivity contribution in [2.45, 2.75) is 52.2 Å². The van der Waals surface area contributed by atoms with Crippen molar-refractivity contribution in [3.8, 4) is 0 Å². The number of alkyl halides is 1. The van der Waals surface area contributed by atoms with Crippen LogP contribution in [0.4, 0.5) is 4.39 Å². The number of aryl methyl sites for hydroxylation is 1. The molecule has 0 amide bonds. The van der Waals surface area contributed by atoms with Gasteiger partial charge >= 0.3 is 0 Å². The predicted molar refractivity (Wildman–Crippen MR) is 67.3 cm³/mol. The van der Waals surface area contributed by atoms with Crippen LogP contribution in [0.1, 0.15) is 44.4 Å². The van der Waals surface area contributed by atoms with Crippen molar-refractivity contribution in [1.29, 1.82) is 0 Å². The Labute approximate surface area is 97.9 Å². The number of halogens is 1. The maximum Gasteiger partial charge on any atom is 0.130 e. The topological polar surface area (TPSA) is 26.0 Å². The summed E-state index contributed by atoms with van der Waals surface area (Å²) < 4.78 is 13.8. The lowest BCUT2D eigenvalue weighted by molar-refractivity contribution is 0.221. The van der Waals surface area contributed by atoms with Gasteiger partial charge in [-0.15, -0.1) is 0 Å². The van der Waals surface area contributed by atoms with E-state index in [-0.39, 0.29) is 5.54 Å². The van der Waals surface area contributed by atoms with Crippen LogP contribution in [0, 0.1) is 6.92 Å². The number of nitrogens with two attached hydrogens (primary N) is 1. The number of benzene rings is 1. The molecule has 16 heavy (non-hydrogen) atoms. The lowest BCUT2D eigenvalue weighted by Gasteiger charge is -2.22. The van der Waals surface area contributed by atoms with Gasteiger partial charge in [-0.3, -0.25) is 0 Å². The zero-order valence-corrected chi connectivity index (χ0v) is 10.9. The molecule has 1 rings (SSSR count). The monoisotopic (exact) mass is 223 g/mol. The molecule has 2 N–H and O–H groups in total. The average molecular weight is 223 g/mol. The molecule has 1 aromatic carbocycles. The van der Waals surface area contributed by atoms with E-state index in [1.54, 1.807) is 13.8 Å². The Balaban J connectivity index is 3.10. The maximum absolute atomic E-state index is 13.8. The quantitative estimate of drug-likeness (QED) is 0.834. The smallest absolute Gasteiger partial charge is 0.130 e. The minimum Gasteiger partial charge on any atom is -0.325 e. The van der Waals surface area contributed by atoms with Crippen LogP contribution in [-0.2, 0) is 12.1 Å². The van der Waals surface area contributed by atoms with Gasteiger partial charge in [-0.2, -0.15) is 0 Å². The highest BCUT2D eigenvalue weighted by atomic mass is 19.1. The Morgan fingerprint density at radius 3 is 2.19 bits per heavy atom. The fourth-order valence-corrected chi connectivity index (χ4v) is 1.72. The van der Waals surface area contributed by atoms with Gasteiger partial charge in [-0.1, -0.05) is 18.2 Å². The van der Waals surface area contributed by atoms with E-state index in [0.29, 0.717) is 0 Å². The molecule has 2 heteroatoms. The minimum absolute atomic E-state index is 0.260. The molecule has 0 radical (unpaired) electrons. The molecule has 0 fully saturated rings. The fraction of sp³-hybridized carbons (Fsp3) is 0.571. The summed E-state index contributed by atoms with van der Waals surface area (Å²) in [5.74, 6) is 0. The standard InChI is InChI=1S/C14H22FN/c1-10-6-7-12(14(4,5)15)8-11(10)9-13(2,3)16/h6-8H,9,16H2,1-5H3. The molecule has 0 aliphatic rings. The Hall–Kier alpha value is -0.890. The van der Waals surface area contributed by atoms with E-state index in [1.165, 1.54) is 5.56 Å². The molecule has 1 nitrogen and oxygen atoms in total. The molecular weight excluding hydrogens is 201 g/mol. The third kappa shape index (κ3) is 3.60. The third-order valence-electron chi connectivity index (χ3n) is 2.68. The van der Waals surface area contributed by atoms with Crippen molar-refractivity contribution in [2.24, 2.45) is 5.73 Å². The highest BCUT2D eigenvalue weighted by Crippen LogP contribution is 2.27. The number of rotatable bonds is 3. The van der Waals surface area contributed by atoms with Crippen LogP contribution in [0.3, 0.4) is 0 Å². The molecule has 0 unspecified atom stereocenters. The van der Waals surface area contributed by atoms with Crippen molar-refractivity contribution >= 4 is 0 Å². The number of hydrogen-bond donors (Lipinski definition) is 1. The summed E-state index contributed by atoms with van der Waals surface area (Å²) in [5, 5.41) is 0. The number of hydrogen-bond acceptors (Lipinski definition) is 1. The summed E-state index contributed by atoms with van der Waals surface area (Å²) in [5.41, 5.74) is 7.48. The second-order valence-electron chi connectivity index (χ2n) is 5.78. The first kappa shape index (κ1) is 13.2. The van der Waals surface area contributed by atoms with E-state index in [9.17, 15) is 4.39 Å². The Morgan fingerprint density at radius 1 is 1.19 bits per heavy atom. The molecule has 0 heterocycles. The Morgan fingerprint density at radius 2 is 1.75 bits per heavy atom. The largest absolute Gasteiger partial charge is 0.325 e. The lowest BCUT2D eigenvalue weighted by Crippen LogP contribution is -2.34. The van der Waals surface area contributed by atoms with E-state index < -0.39 is 5.67 Å². The minimum atomic E-state index is -1.29. The van der Waals surface area contributed by atoms with Gasteiger partial charge in [-0.25, -0.2) is 4.39 Å². The van der Waals surface area contributed by atoms with Crippen LogP contribution in [0.15, 0.2) is 18.2 Å². The van der Waals surface area contributed by atoms with Crippen LogP contribution in [-0.4, -0.2) is 5.54 Å². The molecular formula is C14H22FN. The van der Waals surface area contributed by atoms with Gasteiger partial charge in [0.1, 0.15) is 5.67 Å². The van der Waals surface area contributed by atoms with Crippen LogP contribution < -0.4 is 5.73 Å². The van der Waals surface area contributed by atoms with Crippen molar-refractivity contribution in [3.05, 3.63) is 34.9 Å². The molecule has 0 saturated heterocycles. The van der Waals surface area contributed by atoms with Crippen LogP contribution >= 0.6 is 0 Å². The average Bonchev–Trinajstić information content (AvgIpc) is 2.04. The summed E-state index contributed by atoms with van der Waals surface area (Å²) in [6.45, 7) is 9.17. The van der Waals surface area contributed by atoms with Crippen LogP contribution in [0.5, 0.6) is 0 Å². The second-order valence-corrected chi connectivity index (χ2v) is 5.78. The third-order valence-corrected chi connectivity index (χ3v) is 2.68.